The van der Waals surface area contributed by atoms with Crippen molar-refractivity contribution in [2.75, 3.05) is 39.9 Å². The van der Waals surface area contributed by atoms with E-state index in [0.29, 0.717) is 30.4 Å². The number of nitrogens with zero attached hydrogens (tertiary/aromatic N) is 2. The lowest BCUT2D eigenvalue weighted by Gasteiger charge is -2.34. The number of aromatic amines is 1. The molecule has 4 rings (SSSR count). The second kappa shape index (κ2) is 8.98. The molecule has 6 nitrogen and oxygen atoms in total. The van der Waals surface area contributed by atoms with Gasteiger partial charge >= 0.3 is 0 Å². The van der Waals surface area contributed by atoms with Crippen molar-refractivity contribution in [2.24, 2.45) is 0 Å². The minimum absolute atomic E-state index is 0.0316. The van der Waals surface area contributed by atoms with Crippen LogP contribution in [0.5, 0.6) is 11.5 Å². The van der Waals surface area contributed by atoms with Crippen LogP contribution in [0.15, 0.2) is 42.5 Å². The number of hydrogen-bond donors (Lipinski definition) is 1. The zero-order chi connectivity index (χ0) is 21.1. The molecule has 158 valence electrons. The highest BCUT2D eigenvalue weighted by molar-refractivity contribution is 6.30. The number of carbonyl (C=O) groups excluding carboxylic acids is 1. The Morgan fingerprint density at radius 3 is 2.63 bits per heavy atom. The van der Waals surface area contributed by atoms with Gasteiger partial charge in [-0.2, -0.15) is 0 Å². The van der Waals surface area contributed by atoms with E-state index < -0.39 is 0 Å². The number of ether oxygens (including phenoxy) is 2. The maximum Gasteiger partial charge on any atom is 0.270 e. The molecule has 1 saturated heterocycles. The monoisotopic (exact) mass is 427 g/mol. The lowest BCUT2D eigenvalue weighted by molar-refractivity contribution is 0.0622. The molecular weight excluding hydrogens is 402 g/mol. The number of nitrogens with one attached hydrogen (secondary N) is 1. The van der Waals surface area contributed by atoms with E-state index in [1.807, 2.05) is 54.3 Å². The molecule has 30 heavy (non-hydrogen) atoms. The van der Waals surface area contributed by atoms with E-state index in [1.54, 1.807) is 7.11 Å². The lowest BCUT2D eigenvalue weighted by atomic mass is 10.1. The van der Waals surface area contributed by atoms with Gasteiger partial charge in [0, 0.05) is 60.3 Å². The number of halogens is 1. The van der Waals surface area contributed by atoms with Crippen molar-refractivity contribution in [3.05, 3.63) is 58.7 Å². The summed E-state index contributed by atoms with van der Waals surface area (Å²) in [5, 5.41) is 1.71. The number of rotatable bonds is 6. The zero-order valence-electron chi connectivity index (χ0n) is 17.3. The molecular formula is C23H26ClN3O3. The van der Waals surface area contributed by atoms with E-state index in [-0.39, 0.29) is 5.91 Å². The maximum absolute atomic E-state index is 13.0. The Balaban J connectivity index is 1.40. The van der Waals surface area contributed by atoms with E-state index in [2.05, 4.69) is 9.88 Å². The van der Waals surface area contributed by atoms with Crippen LogP contribution in [0.4, 0.5) is 0 Å². The molecule has 1 fully saturated rings. The quantitative estimate of drug-likeness (QED) is 0.641. The zero-order valence-corrected chi connectivity index (χ0v) is 18.0. The smallest absolute Gasteiger partial charge is 0.270 e. The summed E-state index contributed by atoms with van der Waals surface area (Å²) in [6, 6.07) is 13.4. The van der Waals surface area contributed by atoms with Gasteiger partial charge in [-0.3, -0.25) is 9.69 Å². The Bertz CT molecular complexity index is 1040. The van der Waals surface area contributed by atoms with Crippen LogP contribution in [-0.2, 0) is 6.54 Å². The fraction of sp³-hybridized carbons (Fsp3) is 0.348. The van der Waals surface area contributed by atoms with Crippen LogP contribution in [0.1, 0.15) is 23.0 Å². The molecule has 0 unspecified atom stereocenters. The molecule has 7 heteroatoms. The number of piperazine rings is 1. The summed E-state index contributed by atoms with van der Waals surface area (Å²) in [4.78, 5) is 20.5. The standard InChI is InChI=1S/C23H26ClN3O3/c1-3-30-19-6-4-16-13-21(25-20(16)14-19)23(28)27-10-8-26(9-11-27)15-17-12-18(24)5-7-22(17)29-2/h4-7,12-14,25H,3,8-11,15H2,1-2H3. The predicted octanol–water partition coefficient (Wildman–Crippen LogP) is 4.19. The van der Waals surface area contributed by atoms with Crippen LogP contribution in [0, 0.1) is 0 Å². The molecule has 0 bridgehead atoms. The maximum atomic E-state index is 13.0. The fourth-order valence-electron chi connectivity index (χ4n) is 3.87. The van der Waals surface area contributed by atoms with Crippen LogP contribution in [0.25, 0.3) is 10.9 Å². The summed E-state index contributed by atoms with van der Waals surface area (Å²) in [5.74, 6) is 1.67. The molecule has 0 radical (unpaired) electrons. The molecule has 0 saturated carbocycles. The van der Waals surface area contributed by atoms with Crippen molar-refractivity contribution in [2.45, 2.75) is 13.5 Å². The van der Waals surface area contributed by atoms with Crippen molar-refractivity contribution in [3.8, 4) is 11.5 Å². The molecule has 2 aromatic carbocycles. The first-order valence-corrected chi connectivity index (χ1v) is 10.5. The topological polar surface area (TPSA) is 57.8 Å². The van der Waals surface area contributed by atoms with Crippen LogP contribution in [0.2, 0.25) is 5.02 Å². The highest BCUT2D eigenvalue weighted by Gasteiger charge is 2.24. The summed E-state index contributed by atoms with van der Waals surface area (Å²) in [6.07, 6.45) is 0. The highest BCUT2D eigenvalue weighted by atomic mass is 35.5. The van der Waals surface area contributed by atoms with Gasteiger partial charge in [0.1, 0.15) is 17.2 Å². The Morgan fingerprint density at radius 1 is 1.10 bits per heavy atom. The van der Waals surface area contributed by atoms with E-state index in [1.165, 1.54) is 0 Å². The Kier molecular flexibility index (Phi) is 6.16. The Hall–Kier alpha value is -2.70. The summed E-state index contributed by atoms with van der Waals surface area (Å²) < 4.78 is 11.0. The molecule has 1 aliphatic heterocycles. The van der Waals surface area contributed by atoms with Gasteiger partial charge in [-0.25, -0.2) is 0 Å². The molecule has 1 amide bonds. The van der Waals surface area contributed by atoms with Gasteiger partial charge in [0.15, 0.2) is 0 Å². The number of carbonyl (C=O) groups is 1. The summed E-state index contributed by atoms with van der Waals surface area (Å²) in [5.41, 5.74) is 2.59. The van der Waals surface area contributed by atoms with Crippen molar-refractivity contribution < 1.29 is 14.3 Å². The third-order valence-corrected chi connectivity index (χ3v) is 5.67. The van der Waals surface area contributed by atoms with Crippen LogP contribution in [-0.4, -0.2) is 60.6 Å². The second-order valence-corrected chi connectivity index (χ2v) is 7.83. The summed E-state index contributed by atoms with van der Waals surface area (Å²) >= 11 is 6.15. The molecule has 0 aliphatic carbocycles. The molecule has 0 spiro atoms. The molecule has 1 aromatic heterocycles. The van der Waals surface area contributed by atoms with Crippen molar-refractivity contribution in [1.82, 2.24) is 14.8 Å². The number of fused-ring (bicyclic) bond motifs is 1. The summed E-state index contributed by atoms with van der Waals surface area (Å²) in [6.45, 7) is 6.28. The van der Waals surface area contributed by atoms with Crippen molar-refractivity contribution in [3.63, 3.8) is 0 Å². The number of methoxy groups -OCH3 is 1. The van der Waals surface area contributed by atoms with Crippen LogP contribution in [0.3, 0.4) is 0 Å². The molecule has 0 atom stereocenters. The van der Waals surface area contributed by atoms with Gasteiger partial charge in [0.2, 0.25) is 0 Å². The van der Waals surface area contributed by atoms with E-state index in [9.17, 15) is 4.79 Å². The van der Waals surface area contributed by atoms with Gasteiger partial charge < -0.3 is 19.4 Å². The highest BCUT2D eigenvalue weighted by Crippen LogP contribution is 2.25. The van der Waals surface area contributed by atoms with Gasteiger partial charge in [0.05, 0.1) is 13.7 Å². The van der Waals surface area contributed by atoms with Crippen molar-refractivity contribution in [1.29, 1.82) is 0 Å². The number of benzene rings is 2. The normalized spacial score (nSPS) is 14.8. The largest absolute Gasteiger partial charge is 0.496 e. The third-order valence-electron chi connectivity index (χ3n) is 5.43. The molecule has 1 aliphatic rings. The lowest BCUT2D eigenvalue weighted by Crippen LogP contribution is -2.48. The fourth-order valence-corrected chi connectivity index (χ4v) is 4.06. The number of hydrogen-bond acceptors (Lipinski definition) is 4. The third kappa shape index (κ3) is 4.40. The first-order chi connectivity index (χ1) is 14.6. The SMILES string of the molecule is CCOc1ccc2cc(C(=O)N3CCN(Cc4cc(Cl)ccc4OC)CC3)[nH]c2c1. The van der Waals surface area contributed by atoms with Crippen molar-refractivity contribution >= 4 is 28.4 Å². The molecule has 3 aromatic rings. The first-order valence-electron chi connectivity index (χ1n) is 10.2. The second-order valence-electron chi connectivity index (χ2n) is 7.39. The van der Waals surface area contributed by atoms with Gasteiger partial charge in [-0.15, -0.1) is 0 Å². The first kappa shape index (κ1) is 20.6. The van der Waals surface area contributed by atoms with E-state index in [0.717, 1.165) is 47.6 Å². The Labute approximate surface area is 181 Å². The predicted molar refractivity (Wildman–Crippen MR) is 119 cm³/mol. The van der Waals surface area contributed by atoms with Gasteiger partial charge in [0.25, 0.3) is 5.91 Å². The number of H-pyrrole nitrogens is 1. The minimum Gasteiger partial charge on any atom is -0.496 e. The van der Waals surface area contributed by atoms with Crippen LogP contribution >= 0.6 is 11.6 Å². The van der Waals surface area contributed by atoms with E-state index >= 15 is 0 Å². The number of aromatic nitrogens is 1. The van der Waals surface area contributed by atoms with Gasteiger partial charge in [-0.05, 0) is 43.3 Å². The molecule has 2 heterocycles. The van der Waals surface area contributed by atoms with Gasteiger partial charge in [-0.1, -0.05) is 11.6 Å². The summed E-state index contributed by atoms with van der Waals surface area (Å²) in [7, 11) is 1.67. The Morgan fingerprint density at radius 2 is 1.90 bits per heavy atom. The average Bonchev–Trinajstić information content (AvgIpc) is 3.18. The van der Waals surface area contributed by atoms with E-state index in [4.69, 9.17) is 21.1 Å². The average molecular weight is 428 g/mol. The molecule has 1 N–H and O–H groups in total. The number of amides is 1. The minimum atomic E-state index is 0.0316. The van der Waals surface area contributed by atoms with Crippen LogP contribution < -0.4 is 9.47 Å².